The highest BCUT2D eigenvalue weighted by Crippen LogP contribution is 2.24. The molecule has 6 nitrogen and oxygen atoms in total. The molecule has 3 aromatic rings. The molecule has 1 fully saturated rings. The quantitative estimate of drug-likeness (QED) is 0.727. The molecule has 0 bridgehead atoms. The van der Waals surface area contributed by atoms with E-state index in [4.69, 9.17) is 9.51 Å². The lowest BCUT2D eigenvalue weighted by atomic mass is 10.2. The molecule has 0 saturated carbocycles. The highest BCUT2D eigenvalue weighted by atomic mass is 32.1. The van der Waals surface area contributed by atoms with Gasteiger partial charge in [-0.25, -0.2) is 0 Å². The van der Waals surface area contributed by atoms with E-state index in [1.807, 2.05) is 43.3 Å². The molecular weight excluding hydrogens is 322 g/mol. The molecule has 7 heteroatoms. The fourth-order valence-corrected chi connectivity index (χ4v) is 3.60. The van der Waals surface area contributed by atoms with E-state index in [9.17, 15) is 0 Å². The largest absolute Gasteiger partial charge is 0.360 e. The van der Waals surface area contributed by atoms with Crippen molar-refractivity contribution in [1.82, 2.24) is 19.4 Å². The summed E-state index contributed by atoms with van der Waals surface area (Å²) in [5.74, 6) is 1.75. The Kier molecular flexibility index (Phi) is 4.27. The number of piperazine rings is 1. The molecule has 0 atom stereocenters. The van der Waals surface area contributed by atoms with Gasteiger partial charge in [0.25, 0.3) is 0 Å². The Hall–Kier alpha value is -2.25. The Morgan fingerprint density at radius 3 is 2.62 bits per heavy atom. The first-order valence-corrected chi connectivity index (χ1v) is 8.84. The third-order valence-electron chi connectivity index (χ3n) is 4.15. The van der Waals surface area contributed by atoms with Crippen LogP contribution in [0, 0.1) is 6.92 Å². The molecular formula is C17H19N5OS. The Morgan fingerprint density at radius 1 is 1.12 bits per heavy atom. The van der Waals surface area contributed by atoms with Crippen LogP contribution in [0.5, 0.6) is 0 Å². The fraction of sp³-hybridized carbons (Fsp3) is 0.353. The highest BCUT2D eigenvalue weighted by Gasteiger charge is 2.21. The molecule has 1 aliphatic heterocycles. The number of aryl methyl sites for hydroxylation is 1. The van der Waals surface area contributed by atoms with Gasteiger partial charge >= 0.3 is 0 Å². The minimum Gasteiger partial charge on any atom is -0.360 e. The van der Waals surface area contributed by atoms with Crippen molar-refractivity contribution in [2.45, 2.75) is 13.5 Å². The molecule has 1 aromatic carbocycles. The summed E-state index contributed by atoms with van der Waals surface area (Å²) < 4.78 is 9.81. The molecule has 0 radical (unpaired) electrons. The molecule has 124 valence electrons. The lowest BCUT2D eigenvalue weighted by Gasteiger charge is -2.33. The highest BCUT2D eigenvalue weighted by molar-refractivity contribution is 7.09. The van der Waals surface area contributed by atoms with E-state index in [-0.39, 0.29) is 0 Å². The summed E-state index contributed by atoms with van der Waals surface area (Å²) in [5.41, 5.74) is 2.00. The molecule has 1 aliphatic rings. The Bertz CT molecular complexity index is 792. The minimum absolute atomic E-state index is 0.815. The number of anilines is 1. The van der Waals surface area contributed by atoms with Crippen LogP contribution in [-0.2, 0) is 6.54 Å². The van der Waals surface area contributed by atoms with Crippen LogP contribution in [0.2, 0.25) is 0 Å². The van der Waals surface area contributed by atoms with Gasteiger partial charge in [0.1, 0.15) is 0 Å². The van der Waals surface area contributed by atoms with Crippen LogP contribution in [0.1, 0.15) is 11.5 Å². The average Bonchev–Trinajstić information content (AvgIpc) is 3.26. The molecule has 24 heavy (non-hydrogen) atoms. The smallest absolute Gasteiger partial charge is 0.205 e. The van der Waals surface area contributed by atoms with Gasteiger partial charge in [-0.1, -0.05) is 35.5 Å². The maximum absolute atomic E-state index is 5.31. The van der Waals surface area contributed by atoms with Gasteiger partial charge in [-0.2, -0.15) is 9.36 Å². The van der Waals surface area contributed by atoms with E-state index in [0.717, 1.165) is 60.7 Å². The predicted octanol–water partition coefficient (Wildman–Crippen LogP) is 2.82. The van der Waals surface area contributed by atoms with Gasteiger partial charge in [0, 0.05) is 49.3 Å². The maximum Gasteiger partial charge on any atom is 0.205 e. The van der Waals surface area contributed by atoms with E-state index >= 15 is 0 Å². The third kappa shape index (κ3) is 3.32. The summed E-state index contributed by atoms with van der Waals surface area (Å²) in [5, 5.41) is 4.95. The number of benzene rings is 1. The van der Waals surface area contributed by atoms with E-state index in [2.05, 4.69) is 19.3 Å². The maximum atomic E-state index is 5.31. The van der Waals surface area contributed by atoms with Crippen LogP contribution in [0.3, 0.4) is 0 Å². The summed E-state index contributed by atoms with van der Waals surface area (Å²) in [7, 11) is 0. The zero-order chi connectivity index (χ0) is 16.4. The first kappa shape index (κ1) is 15.3. The second-order valence-electron chi connectivity index (χ2n) is 5.96. The van der Waals surface area contributed by atoms with Crippen molar-refractivity contribution < 1.29 is 4.52 Å². The molecule has 0 unspecified atom stereocenters. The Balaban J connectivity index is 1.37. The summed E-state index contributed by atoms with van der Waals surface area (Å²) >= 11 is 1.48. The molecule has 0 amide bonds. The molecule has 0 N–H and O–H groups in total. The van der Waals surface area contributed by atoms with Gasteiger partial charge in [0.15, 0.2) is 11.6 Å². The van der Waals surface area contributed by atoms with Crippen molar-refractivity contribution in [2.24, 2.45) is 0 Å². The summed E-state index contributed by atoms with van der Waals surface area (Å²) in [6.45, 7) is 6.65. The first-order valence-electron chi connectivity index (χ1n) is 8.06. The first-order chi connectivity index (χ1) is 11.8. The average molecular weight is 341 g/mol. The van der Waals surface area contributed by atoms with Gasteiger partial charge in [0.05, 0.1) is 12.2 Å². The monoisotopic (exact) mass is 341 g/mol. The molecule has 0 spiro atoms. The predicted molar refractivity (Wildman–Crippen MR) is 94.1 cm³/mol. The van der Waals surface area contributed by atoms with E-state index < -0.39 is 0 Å². The van der Waals surface area contributed by atoms with Gasteiger partial charge in [-0.05, 0) is 6.92 Å². The van der Waals surface area contributed by atoms with Crippen LogP contribution in [-0.4, -0.2) is 45.6 Å². The Morgan fingerprint density at radius 2 is 1.92 bits per heavy atom. The second-order valence-corrected chi connectivity index (χ2v) is 6.69. The number of hydrogen-bond acceptors (Lipinski definition) is 7. The van der Waals surface area contributed by atoms with Crippen molar-refractivity contribution in [3.05, 3.63) is 47.9 Å². The molecule has 0 aliphatic carbocycles. The minimum atomic E-state index is 0.815. The van der Waals surface area contributed by atoms with Gasteiger partial charge in [-0.3, -0.25) is 4.90 Å². The summed E-state index contributed by atoms with van der Waals surface area (Å²) in [6.07, 6.45) is 0. The lowest BCUT2D eigenvalue weighted by molar-refractivity contribution is 0.219. The van der Waals surface area contributed by atoms with E-state index in [0.29, 0.717) is 0 Å². The molecule has 3 heterocycles. The van der Waals surface area contributed by atoms with Crippen LogP contribution in [0.25, 0.3) is 11.4 Å². The normalized spacial score (nSPS) is 15.8. The topological polar surface area (TPSA) is 58.3 Å². The van der Waals surface area contributed by atoms with Crippen molar-refractivity contribution >= 4 is 16.7 Å². The zero-order valence-corrected chi connectivity index (χ0v) is 14.4. The van der Waals surface area contributed by atoms with Crippen molar-refractivity contribution in [1.29, 1.82) is 0 Å². The van der Waals surface area contributed by atoms with E-state index in [1.165, 1.54) is 11.5 Å². The van der Waals surface area contributed by atoms with Crippen molar-refractivity contribution in [3.63, 3.8) is 0 Å². The number of aromatic nitrogens is 3. The van der Waals surface area contributed by atoms with Crippen molar-refractivity contribution in [3.8, 4) is 11.4 Å². The van der Waals surface area contributed by atoms with Gasteiger partial charge in [-0.15, -0.1) is 0 Å². The molecule has 4 rings (SSSR count). The van der Waals surface area contributed by atoms with Crippen LogP contribution in [0.4, 0.5) is 5.13 Å². The van der Waals surface area contributed by atoms with Crippen LogP contribution in [0.15, 0.2) is 40.9 Å². The zero-order valence-electron chi connectivity index (χ0n) is 13.6. The lowest BCUT2D eigenvalue weighted by Crippen LogP contribution is -2.45. The number of rotatable bonds is 4. The second kappa shape index (κ2) is 6.70. The van der Waals surface area contributed by atoms with Gasteiger partial charge in [0.2, 0.25) is 5.13 Å². The number of hydrogen-bond donors (Lipinski definition) is 0. The standard InChI is InChI=1S/C17H19N5OS/c1-13-11-15(23-19-13)12-21-7-9-22(10-8-21)17-18-16(20-24-17)14-5-3-2-4-6-14/h2-6,11H,7-10,12H2,1H3. The molecule has 1 saturated heterocycles. The molecule has 2 aromatic heterocycles. The van der Waals surface area contributed by atoms with Crippen LogP contribution >= 0.6 is 11.5 Å². The fourth-order valence-electron chi connectivity index (χ4n) is 2.86. The van der Waals surface area contributed by atoms with Crippen molar-refractivity contribution in [2.75, 3.05) is 31.1 Å². The third-order valence-corrected chi connectivity index (χ3v) is 4.92. The summed E-state index contributed by atoms with van der Waals surface area (Å²) in [6, 6.07) is 12.1. The summed E-state index contributed by atoms with van der Waals surface area (Å²) in [4.78, 5) is 9.40. The van der Waals surface area contributed by atoms with Gasteiger partial charge < -0.3 is 9.42 Å². The Labute approximate surface area is 144 Å². The van der Waals surface area contributed by atoms with Crippen LogP contribution < -0.4 is 4.90 Å². The van der Waals surface area contributed by atoms with E-state index in [1.54, 1.807) is 0 Å². The number of nitrogens with zero attached hydrogens (tertiary/aromatic N) is 5. The SMILES string of the molecule is Cc1cc(CN2CCN(c3nc(-c4ccccc4)ns3)CC2)on1.